The number of hydrogen-bond acceptors (Lipinski definition) is 6. The van der Waals surface area contributed by atoms with Crippen molar-refractivity contribution in [3.05, 3.63) is 56.4 Å². The second-order valence-corrected chi connectivity index (χ2v) is 5.91. The molecule has 0 aliphatic carbocycles. The molecule has 0 bridgehead atoms. The maximum atomic E-state index is 11.8. The Labute approximate surface area is 140 Å². The molecule has 1 aromatic heterocycles. The van der Waals surface area contributed by atoms with Gasteiger partial charge in [-0.2, -0.15) is 5.10 Å². The van der Waals surface area contributed by atoms with Gasteiger partial charge in [-0.05, 0) is 37.3 Å². The predicted octanol–water partition coefficient (Wildman–Crippen LogP) is 3.23. The van der Waals surface area contributed by atoms with Crippen molar-refractivity contribution in [2.75, 3.05) is 0 Å². The summed E-state index contributed by atoms with van der Waals surface area (Å²) in [6.07, 6.45) is 0.580. The van der Waals surface area contributed by atoms with E-state index in [4.69, 9.17) is 16.3 Å². The monoisotopic (exact) mass is 353 g/mol. The second-order valence-electron chi connectivity index (χ2n) is 4.38. The van der Waals surface area contributed by atoms with E-state index in [9.17, 15) is 14.9 Å². The van der Waals surface area contributed by atoms with Crippen molar-refractivity contribution >= 4 is 40.1 Å². The van der Waals surface area contributed by atoms with E-state index in [1.54, 1.807) is 37.3 Å². The quantitative estimate of drug-likeness (QED) is 0.490. The summed E-state index contributed by atoms with van der Waals surface area (Å²) in [6, 6.07) is 9.54. The number of ether oxygens (including phenoxy) is 1. The Morgan fingerprint density at radius 1 is 1.39 bits per heavy atom. The van der Waals surface area contributed by atoms with Gasteiger partial charge in [0.15, 0.2) is 6.10 Å². The van der Waals surface area contributed by atoms with E-state index < -0.39 is 16.9 Å². The van der Waals surface area contributed by atoms with Crippen molar-refractivity contribution in [2.24, 2.45) is 5.10 Å². The van der Waals surface area contributed by atoms with E-state index in [1.165, 1.54) is 12.3 Å². The van der Waals surface area contributed by atoms with Gasteiger partial charge >= 0.3 is 5.00 Å². The van der Waals surface area contributed by atoms with Gasteiger partial charge < -0.3 is 4.74 Å². The van der Waals surface area contributed by atoms with Gasteiger partial charge in [0.05, 0.1) is 16.0 Å². The average molecular weight is 354 g/mol. The van der Waals surface area contributed by atoms with Crippen LogP contribution in [0, 0.1) is 10.1 Å². The lowest BCUT2D eigenvalue weighted by atomic mass is 10.3. The Morgan fingerprint density at radius 3 is 2.70 bits per heavy atom. The average Bonchev–Trinajstić information content (AvgIpc) is 2.98. The van der Waals surface area contributed by atoms with Crippen molar-refractivity contribution in [3.8, 4) is 5.75 Å². The van der Waals surface area contributed by atoms with E-state index >= 15 is 0 Å². The van der Waals surface area contributed by atoms with Crippen molar-refractivity contribution in [2.45, 2.75) is 13.0 Å². The van der Waals surface area contributed by atoms with Gasteiger partial charge in [-0.25, -0.2) is 5.43 Å². The molecule has 7 nitrogen and oxygen atoms in total. The molecule has 120 valence electrons. The number of hydrazone groups is 1. The van der Waals surface area contributed by atoms with Crippen LogP contribution in [0.15, 0.2) is 41.5 Å². The first-order chi connectivity index (χ1) is 11.0. The molecule has 1 heterocycles. The molecule has 9 heteroatoms. The van der Waals surface area contributed by atoms with E-state index in [0.29, 0.717) is 15.6 Å². The molecule has 0 radical (unpaired) electrons. The number of nitrogens with zero attached hydrogens (tertiary/aromatic N) is 2. The van der Waals surface area contributed by atoms with E-state index in [0.717, 1.165) is 11.3 Å². The third-order valence-corrected chi connectivity index (χ3v) is 3.88. The minimum absolute atomic E-state index is 0.0113. The van der Waals surface area contributed by atoms with Gasteiger partial charge in [0.2, 0.25) is 0 Å². The van der Waals surface area contributed by atoms with Gasteiger partial charge in [0.1, 0.15) is 5.75 Å². The highest BCUT2D eigenvalue weighted by atomic mass is 35.5. The Kier molecular flexibility index (Phi) is 5.67. The number of nitro groups is 1. The highest BCUT2D eigenvalue weighted by Gasteiger charge is 2.14. The van der Waals surface area contributed by atoms with Crippen LogP contribution in [-0.2, 0) is 4.79 Å². The third kappa shape index (κ3) is 5.04. The van der Waals surface area contributed by atoms with Gasteiger partial charge in [0, 0.05) is 11.1 Å². The maximum absolute atomic E-state index is 11.8. The fourth-order valence-corrected chi connectivity index (χ4v) is 2.35. The molecule has 2 rings (SSSR count). The van der Waals surface area contributed by atoms with Crippen LogP contribution in [0.4, 0.5) is 5.00 Å². The molecule has 0 aliphatic rings. The number of amides is 1. The fourth-order valence-electron chi connectivity index (χ4n) is 1.53. The topological polar surface area (TPSA) is 93.8 Å². The normalized spacial score (nSPS) is 12.1. The first-order valence-electron chi connectivity index (χ1n) is 6.45. The van der Waals surface area contributed by atoms with Crippen molar-refractivity contribution in [3.63, 3.8) is 0 Å². The summed E-state index contributed by atoms with van der Waals surface area (Å²) < 4.78 is 5.44. The van der Waals surface area contributed by atoms with Gasteiger partial charge in [0.25, 0.3) is 5.91 Å². The first kappa shape index (κ1) is 16.9. The molecule has 0 fully saturated rings. The number of hydrogen-bond donors (Lipinski definition) is 1. The van der Waals surface area contributed by atoms with E-state index in [2.05, 4.69) is 10.5 Å². The molecule has 0 aliphatic heterocycles. The van der Waals surface area contributed by atoms with Gasteiger partial charge in [-0.15, -0.1) is 0 Å². The molecule has 23 heavy (non-hydrogen) atoms. The minimum atomic E-state index is -0.758. The molecule has 2 aromatic rings. The largest absolute Gasteiger partial charge is 0.481 e. The van der Waals surface area contributed by atoms with Gasteiger partial charge in [-0.1, -0.05) is 22.9 Å². The molecule has 1 aromatic carbocycles. The van der Waals surface area contributed by atoms with Crippen LogP contribution in [-0.4, -0.2) is 23.1 Å². The van der Waals surface area contributed by atoms with Crippen molar-refractivity contribution in [1.29, 1.82) is 0 Å². The molecular formula is C14H12ClN3O4S. The first-order valence-corrected chi connectivity index (χ1v) is 7.64. The SMILES string of the molecule is CC(Oc1ccc(Cl)cc1)C(=O)NN=Cc1ccc([N+](=O)[O-])s1. The van der Waals surface area contributed by atoms with Crippen LogP contribution in [0.3, 0.4) is 0 Å². The standard InChI is InChI=1S/C14H12ClN3O4S/c1-9(22-11-4-2-10(15)3-5-11)14(19)17-16-8-12-6-7-13(23-12)18(20)21/h2-9H,1H3,(H,17,19). The lowest BCUT2D eigenvalue weighted by molar-refractivity contribution is -0.380. The lowest BCUT2D eigenvalue weighted by Gasteiger charge is -2.12. The third-order valence-electron chi connectivity index (χ3n) is 2.65. The van der Waals surface area contributed by atoms with Crippen molar-refractivity contribution < 1.29 is 14.5 Å². The van der Waals surface area contributed by atoms with Crippen LogP contribution in [0.1, 0.15) is 11.8 Å². The Morgan fingerprint density at radius 2 is 2.09 bits per heavy atom. The van der Waals surface area contributed by atoms with Crippen LogP contribution < -0.4 is 10.2 Å². The predicted molar refractivity (Wildman–Crippen MR) is 88.3 cm³/mol. The molecule has 0 saturated heterocycles. The summed E-state index contributed by atoms with van der Waals surface area (Å²) in [5, 5.41) is 14.9. The number of carbonyl (C=O) groups excluding carboxylic acids is 1. The second kappa shape index (κ2) is 7.70. The Balaban J connectivity index is 1.86. The number of carbonyl (C=O) groups is 1. The number of rotatable bonds is 6. The Hall–Kier alpha value is -2.45. The zero-order valence-electron chi connectivity index (χ0n) is 11.9. The summed E-state index contributed by atoms with van der Waals surface area (Å²) in [5.41, 5.74) is 2.32. The molecule has 1 amide bonds. The maximum Gasteiger partial charge on any atom is 0.324 e. The summed E-state index contributed by atoms with van der Waals surface area (Å²) >= 11 is 6.73. The van der Waals surface area contributed by atoms with E-state index in [-0.39, 0.29) is 5.00 Å². The highest BCUT2D eigenvalue weighted by Crippen LogP contribution is 2.22. The summed E-state index contributed by atoms with van der Waals surface area (Å²) in [4.78, 5) is 22.5. The lowest BCUT2D eigenvalue weighted by Crippen LogP contribution is -2.33. The molecule has 0 saturated carbocycles. The number of thiophene rings is 1. The number of halogens is 1. The van der Waals surface area contributed by atoms with Crippen LogP contribution in [0.5, 0.6) is 5.75 Å². The molecule has 1 atom stereocenters. The minimum Gasteiger partial charge on any atom is -0.481 e. The van der Waals surface area contributed by atoms with Gasteiger partial charge in [-0.3, -0.25) is 14.9 Å². The fraction of sp³-hybridized carbons (Fsp3) is 0.143. The summed E-state index contributed by atoms with van der Waals surface area (Å²) in [6.45, 7) is 1.58. The number of nitrogens with one attached hydrogen (secondary N) is 1. The zero-order chi connectivity index (χ0) is 16.8. The summed E-state index contributed by atoms with van der Waals surface area (Å²) in [5.74, 6) is 0.0668. The van der Waals surface area contributed by atoms with Crippen molar-refractivity contribution in [1.82, 2.24) is 5.43 Å². The number of benzene rings is 1. The molecule has 1 N–H and O–H groups in total. The summed E-state index contributed by atoms with van der Waals surface area (Å²) in [7, 11) is 0. The molecule has 1 unspecified atom stereocenters. The van der Waals surface area contributed by atoms with Crippen LogP contribution >= 0.6 is 22.9 Å². The van der Waals surface area contributed by atoms with Crippen LogP contribution in [0.2, 0.25) is 5.02 Å². The Bertz CT molecular complexity index is 730. The zero-order valence-corrected chi connectivity index (χ0v) is 13.5. The van der Waals surface area contributed by atoms with E-state index in [1.807, 2.05) is 0 Å². The highest BCUT2D eigenvalue weighted by molar-refractivity contribution is 7.16. The smallest absolute Gasteiger partial charge is 0.324 e. The molecule has 0 spiro atoms. The van der Waals surface area contributed by atoms with Crippen LogP contribution in [0.25, 0.3) is 0 Å². The molecular weight excluding hydrogens is 342 g/mol.